The van der Waals surface area contributed by atoms with Crippen LogP contribution in [0, 0.1) is 11.7 Å². The predicted octanol–water partition coefficient (Wildman–Crippen LogP) is 3.92. The van der Waals surface area contributed by atoms with E-state index in [2.05, 4.69) is 10.2 Å². The summed E-state index contributed by atoms with van der Waals surface area (Å²) in [4.78, 5) is 15.0. The fraction of sp³-hybridized carbons (Fsp3) is 0.409. The SMILES string of the molecule is COc1ccccc1C(C)NC(=O)C1CCN(Cc2ccc(F)cc2)CC1. The second-order valence-corrected chi connectivity index (χ2v) is 7.15. The van der Waals surface area contributed by atoms with Crippen LogP contribution in [0.3, 0.4) is 0 Å². The lowest BCUT2D eigenvalue weighted by Crippen LogP contribution is -2.40. The maximum absolute atomic E-state index is 13.0. The Balaban J connectivity index is 1.50. The minimum Gasteiger partial charge on any atom is -0.496 e. The van der Waals surface area contributed by atoms with E-state index in [4.69, 9.17) is 4.74 Å². The van der Waals surface area contributed by atoms with Crippen molar-refractivity contribution in [1.29, 1.82) is 0 Å². The van der Waals surface area contributed by atoms with E-state index in [-0.39, 0.29) is 23.7 Å². The molecule has 144 valence electrons. The normalized spacial score (nSPS) is 16.7. The summed E-state index contributed by atoms with van der Waals surface area (Å²) in [6, 6.07) is 14.3. The van der Waals surface area contributed by atoms with E-state index in [1.54, 1.807) is 7.11 Å². The number of carbonyl (C=O) groups excluding carboxylic acids is 1. The average Bonchev–Trinajstić information content (AvgIpc) is 2.70. The first-order valence-corrected chi connectivity index (χ1v) is 9.47. The Kier molecular flexibility index (Phi) is 6.45. The number of rotatable bonds is 6. The van der Waals surface area contributed by atoms with Crippen LogP contribution in [0.25, 0.3) is 0 Å². The Hall–Kier alpha value is -2.40. The summed E-state index contributed by atoms with van der Waals surface area (Å²) >= 11 is 0. The first-order valence-electron chi connectivity index (χ1n) is 9.47. The van der Waals surface area contributed by atoms with Gasteiger partial charge in [-0.15, -0.1) is 0 Å². The van der Waals surface area contributed by atoms with Crippen molar-refractivity contribution in [1.82, 2.24) is 10.2 Å². The Morgan fingerprint density at radius 1 is 1.19 bits per heavy atom. The van der Waals surface area contributed by atoms with Crippen molar-refractivity contribution in [2.24, 2.45) is 5.92 Å². The van der Waals surface area contributed by atoms with E-state index < -0.39 is 0 Å². The molecule has 1 heterocycles. The highest BCUT2D eigenvalue weighted by Gasteiger charge is 2.26. The summed E-state index contributed by atoms with van der Waals surface area (Å²) in [5.74, 6) is 0.721. The van der Waals surface area contributed by atoms with Crippen LogP contribution in [0.15, 0.2) is 48.5 Å². The Morgan fingerprint density at radius 3 is 2.52 bits per heavy atom. The number of halogens is 1. The first kappa shape index (κ1) is 19.4. The van der Waals surface area contributed by atoms with Crippen molar-refractivity contribution in [3.63, 3.8) is 0 Å². The highest BCUT2D eigenvalue weighted by Crippen LogP contribution is 2.26. The topological polar surface area (TPSA) is 41.6 Å². The molecule has 4 nitrogen and oxygen atoms in total. The van der Waals surface area contributed by atoms with Gasteiger partial charge < -0.3 is 10.1 Å². The van der Waals surface area contributed by atoms with Crippen molar-refractivity contribution in [3.05, 3.63) is 65.5 Å². The molecule has 5 heteroatoms. The van der Waals surface area contributed by atoms with E-state index in [0.29, 0.717) is 0 Å². The fourth-order valence-electron chi connectivity index (χ4n) is 3.63. The van der Waals surface area contributed by atoms with E-state index in [9.17, 15) is 9.18 Å². The number of methoxy groups -OCH3 is 1. The van der Waals surface area contributed by atoms with Crippen molar-refractivity contribution < 1.29 is 13.9 Å². The molecular weight excluding hydrogens is 343 g/mol. The quantitative estimate of drug-likeness (QED) is 0.838. The number of benzene rings is 2. The highest BCUT2D eigenvalue weighted by molar-refractivity contribution is 5.79. The second kappa shape index (κ2) is 9.00. The third-order valence-electron chi connectivity index (χ3n) is 5.24. The Bertz CT molecular complexity index is 755. The highest BCUT2D eigenvalue weighted by atomic mass is 19.1. The fourth-order valence-corrected chi connectivity index (χ4v) is 3.63. The molecule has 1 aliphatic heterocycles. The van der Waals surface area contributed by atoms with Gasteiger partial charge in [-0.3, -0.25) is 9.69 Å². The van der Waals surface area contributed by atoms with E-state index >= 15 is 0 Å². The minimum absolute atomic E-state index is 0.0339. The second-order valence-electron chi connectivity index (χ2n) is 7.15. The molecule has 2 aromatic carbocycles. The molecule has 0 radical (unpaired) electrons. The number of hydrogen-bond donors (Lipinski definition) is 1. The number of para-hydroxylation sites is 1. The number of likely N-dealkylation sites (tertiary alicyclic amines) is 1. The molecule has 1 aliphatic rings. The van der Waals surface area contributed by atoms with Crippen LogP contribution in [0.2, 0.25) is 0 Å². The van der Waals surface area contributed by atoms with Crippen molar-refractivity contribution >= 4 is 5.91 Å². The zero-order valence-corrected chi connectivity index (χ0v) is 16.0. The van der Waals surface area contributed by atoms with Crippen LogP contribution in [0.4, 0.5) is 4.39 Å². The number of nitrogens with zero attached hydrogens (tertiary/aromatic N) is 1. The molecule has 1 saturated heterocycles. The van der Waals surface area contributed by atoms with Crippen LogP contribution in [0.5, 0.6) is 5.75 Å². The predicted molar refractivity (Wildman–Crippen MR) is 104 cm³/mol. The van der Waals surface area contributed by atoms with Gasteiger partial charge in [0.05, 0.1) is 13.2 Å². The van der Waals surface area contributed by atoms with Crippen LogP contribution in [0.1, 0.15) is 36.9 Å². The third-order valence-corrected chi connectivity index (χ3v) is 5.24. The molecule has 1 unspecified atom stereocenters. The molecule has 3 rings (SSSR count). The van der Waals surface area contributed by atoms with Gasteiger partial charge in [0.15, 0.2) is 0 Å². The first-order chi connectivity index (χ1) is 13.1. The summed E-state index contributed by atoms with van der Waals surface area (Å²) in [7, 11) is 1.64. The molecular formula is C22H27FN2O2. The average molecular weight is 370 g/mol. The van der Waals surface area contributed by atoms with Gasteiger partial charge in [-0.25, -0.2) is 4.39 Å². The lowest BCUT2D eigenvalue weighted by Gasteiger charge is -2.32. The Morgan fingerprint density at radius 2 is 1.85 bits per heavy atom. The molecule has 0 bridgehead atoms. The monoisotopic (exact) mass is 370 g/mol. The van der Waals surface area contributed by atoms with Gasteiger partial charge in [0.2, 0.25) is 5.91 Å². The summed E-state index contributed by atoms with van der Waals surface area (Å²) in [5, 5.41) is 3.13. The van der Waals surface area contributed by atoms with Gasteiger partial charge in [0.1, 0.15) is 11.6 Å². The van der Waals surface area contributed by atoms with Crippen LogP contribution < -0.4 is 10.1 Å². The molecule has 0 saturated carbocycles. The summed E-state index contributed by atoms with van der Waals surface area (Å²) in [5.41, 5.74) is 2.09. The van der Waals surface area contributed by atoms with Crippen molar-refractivity contribution in [2.45, 2.75) is 32.4 Å². The lowest BCUT2D eigenvalue weighted by atomic mass is 9.94. The molecule has 0 aromatic heterocycles. The molecule has 0 spiro atoms. The van der Waals surface area contributed by atoms with Gasteiger partial charge in [0, 0.05) is 18.0 Å². The summed E-state index contributed by atoms with van der Waals surface area (Å²) in [6.45, 7) is 4.53. The standard InChI is InChI=1S/C22H27FN2O2/c1-16(20-5-3-4-6-21(20)27-2)24-22(26)18-11-13-25(14-12-18)15-17-7-9-19(23)10-8-17/h3-10,16,18H,11-15H2,1-2H3,(H,24,26). The van der Waals surface area contributed by atoms with Crippen LogP contribution in [-0.4, -0.2) is 31.0 Å². The van der Waals surface area contributed by atoms with Gasteiger partial charge in [-0.05, 0) is 56.6 Å². The van der Waals surface area contributed by atoms with Gasteiger partial charge >= 0.3 is 0 Å². The number of nitrogens with one attached hydrogen (secondary N) is 1. The van der Waals surface area contributed by atoms with E-state index in [1.165, 1.54) is 12.1 Å². The Labute approximate surface area is 160 Å². The molecule has 1 atom stereocenters. The number of piperidine rings is 1. The zero-order chi connectivity index (χ0) is 19.2. The summed E-state index contributed by atoms with van der Waals surface area (Å²) < 4.78 is 18.4. The van der Waals surface area contributed by atoms with E-state index in [1.807, 2.05) is 43.3 Å². The molecule has 27 heavy (non-hydrogen) atoms. The van der Waals surface area contributed by atoms with E-state index in [0.717, 1.165) is 49.4 Å². The largest absolute Gasteiger partial charge is 0.496 e. The maximum Gasteiger partial charge on any atom is 0.223 e. The smallest absolute Gasteiger partial charge is 0.223 e. The molecule has 2 aromatic rings. The van der Waals surface area contributed by atoms with Gasteiger partial charge in [0.25, 0.3) is 0 Å². The number of hydrogen-bond acceptors (Lipinski definition) is 3. The minimum atomic E-state index is -0.210. The van der Waals surface area contributed by atoms with Crippen molar-refractivity contribution in [3.8, 4) is 5.75 Å². The number of ether oxygens (including phenoxy) is 1. The number of carbonyl (C=O) groups is 1. The molecule has 0 aliphatic carbocycles. The zero-order valence-electron chi connectivity index (χ0n) is 16.0. The molecule has 1 N–H and O–H groups in total. The molecule has 1 fully saturated rings. The third kappa shape index (κ3) is 5.07. The van der Waals surface area contributed by atoms with Crippen molar-refractivity contribution in [2.75, 3.05) is 20.2 Å². The van der Waals surface area contributed by atoms with Crippen LogP contribution >= 0.6 is 0 Å². The lowest BCUT2D eigenvalue weighted by molar-refractivity contribution is -0.127. The van der Waals surface area contributed by atoms with Gasteiger partial charge in [-0.1, -0.05) is 30.3 Å². The number of amides is 1. The van der Waals surface area contributed by atoms with Gasteiger partial charge in [-0.2, -0.15) is 0 Å². The molecule has 1 amide bonds. The summed E-state index contributed by atoms with van der Waals surface area (Å²) in [6.07, 6.45) is 1.68. The van der Waals surface area contributed by atoms with Crippen LogP contribution in [-0.2, 0) is 11.3 Å². The maximum atomic E-state index is 13.0.